The first-order valence-electron chi connectivity index (χ1n) is 9.18. The summed E-state index contributed by atoms with van der Waals surface area (Å²) in [6, 6.07) is 5.91. The van der Waals surface area contributed by atoms with Crippen molar-refractivity contribution in [3.63, 3.8) is 0 Å². The van der Waals surface area contributed by atoms with Crippen LogP contribution >= 0.6 is 15.9 Å². The minimum atomic E-state index is -0.308. The van der Waals surface area contributed by atoms with Gasteiger partial charge in [-0.15, -0.1) is 0 Å². The van der Waals surface area contributed by atoms with Crippen molar-refractivity contribution in [2.24, 2.45) is 0 Å². The van der Waals surface area contributed by atoms with Gasteiger partial charge in [-0.1, -0.05) is 19.3 Å². The maximum Gasteiger partial charge on any atom is 0.308 e. The van der Waals surface area contributed by atoms with Crippen LogP contribution in [0.5, 0.6) is 5.75 Å². The lowest BCUT2D eigenvalue weighted by atomic mass is 9.84. The molecule has 0 atom stereocenters. The number of nitrogens with zero attached hydrogens (tertiary/aromatic N) is 1. The Kier molecular flexibility index (Phi) is 6.73. The van der Waals surface area contributed by atoms with E-state index >= 15 is 0 Å². The number of benzene rings is 1. The minimum absolute atomic E-state index is 0.283. The maximum absolute atomic E-state index is 11.3. The van der Waals surface area contributed by atoms with Crippen LogP contribution in [0.25, 0.3) is 10.9 Å². The molecule has 0 spiro atoms. The summed E-state index contributed by atoms with van der Waals surface area (Å²) >= 11 is 3.84. The van der Waals surface area contributed by atoms with Gasteiger partial charge in [-0.3, -0.25) is 4.79 Å². The molecule has 1 aromatic heterocycles. The number of carbonyl (C=O) groups is 1. The molecule has 0 aliphatic heterocycles. The van der Waals surface area contributed by atoms with Crippen LogP contribution in [-0.2, 0) is 20.8 Å². The number of esters is 1. The number of hydrogen-bond donors (Lipinski definition) is 0. The molecule has 0 saturated heterocycles. The Hall–Kier alpha value is -1.37. The van der Waals surface area contributed by atoms with Crippen molar-refractivity contribution >= 4 is 32.8 Å². The molecule has 2 aromatic rings. The summed E-state index contributed by atoms with van der Waals surface area (Å²) < 4.78 is 19.1. The quantitative estimate of drug-likeness (QED) is 0.272. The molecular formula is C20H26BrNO4. The number of hydrogen-bond acceptors (Lipinski definition) is 4. The van der Waals surface area contributed by atoms with E-state index in [4.69, 9.17) is 14.2 Å². The lowest BCUT2D eigenvalue weighted by Gasteiger charge is -2.22. The summed E-state index contributed by atoms with van der Waals surface area (Å²) in [5, 5.41) is 1.23. The fraction of sp³-hybridized carbons (Fsp3) is 0.550. The first-order chi connectivity index (χ1) is 12.6. The van der Waals surface area contributed by atoms with E-state index in [9.17, 15) is 4.79 Å². The number of methoxy groups -OCH3 is 1. The molecule has 6 heteroatoms. The fourth-order valence-electron chi connectivity index (χ4n) is 3.85. The van der Waals surface area contributed by atoms with Crippen molar-refractivity contribution < 1.29 is 19.0 Å². The average Bonchev–Trinajstić information content (AvgIpc) is 2.90. The monoisotopic (exact) mass is 423 g/mol. The van der Waals surface area contributed by atoms with E-state index in [0.717, 1.165) is 10.1 Å². The highest BCUT2D eigenvalue weighted by atomic mass is 79.9. The second kappa shape index (κ2) is 9.02. The van der Waals surface area contributed by atoms with E-state index in [-0.39, 0.29) is 12.8 Å². The van der Waals surface area contributed by atoms with E-state index in [1.165, 1.54) is 50.0 Å². The molecule has 1 aromatic carbocycles. The van der Waals surface area contributed by atoms with Gasteiger partial charge in [0.15, 0.2) is 0 Å². The zero-order valence-corrected chi connectivity index (χ0v) is 17.0. The van der Waals surface area contributed by atoms with Gasteiger partial charge in [-0.05, 0) is 52.4 Å². The summed E-state index contributed by atoms with van der Waals surface area (Å²) in [5.41, 5.74) is 2.44. The molecule has 26 heavy (non-hydrogen) atoms. The number of halogens is 1. The molecule has 0 bridgehead atoms. The van der Waals surface area contributed by atoms with Gasteiger partial charge in [-0.2, -0.15) is 0 Å². The lowest BCUT2D eigenvalue weighted by Crippen LogP contribution is -2.09. The molecule has 1 aliphatic rings. The zero-order chi connectivity index (χ0) is 18.5. The highest BCUT2D eigenvalue weighted by Crippen LogP contribution is 2.43. The SMILES string of the molecule is COCOCCn1c(Br)c(C2CCCCC2)c2ccc(OC(C)=O)cc21. The van der Waals surface area contributed by atoms with Crippen molar-refractivity contribution in [3.8, 4) is 5.75 Å². The Bertz CT molecular complexity index is 765. The van der Waals surface area contributed by atoms with E-state index in [1.807, 2.05) is 12.1 Å². The van der Waals surface area contributed by atoms with E-state index < -0.39 is 0 Å². The van der Waals surface area contributed by atoms with Crippen LogP contribution in [0.3, 0.4) is 0 Å². The summed E-state index contributed by atoms with van der Waals surface area (Å²) in [6.45, 7) is 2.96. The van der Waals surface area contributed by atoms with Crippen molar-refractivity contribution in [2.45, 2.75) is 51.5 Å². The molecule has 5 nitrogen and oxygen atoms in total. The largest absolute Gasteiger partial charge is 0.427 e. The summed E-state index contributed by atoms with van der Waals surface area (Å²) in [4.78, 5) is 11.3. The molecule has 1 fully saturated rings. The van der Waals surface area contributed by atoms with Crippen molar-refractivity contribution in [1.82, 2.24) is 4.57 Å². The van der Waals surface area contributed by atoms with Crippen LogP contribution in [0, 0.1) is 0 Å². The van der Waals surface area contributed by atoms with E-state index in [2.05, 4.69) is 26.6 Å². The summed E-state index contributed by atoms with van der Waals surface area (Å²) in [7, 11) is 1.62. The maximum atomic E-state index is 11.3. The molecule has 142 valence electrons. The molecule has 0 unspecified atom stereocenters. The third-order valence-corrected chi connectivity index (χ3v) is 5.80. The van der Waals surface area contributed by atoms with Crippen LogP contribution in [0.4, 0.5) is 0 Å². The summed E-state index contributed by atoms with van der Waals surface area (Å²) in [5.74, 6) is 0.836. The van der Waals surface area contributed by atoms with Gasteiger partial charge in [0.05, 0.1) is 16.7 Å². The Morgan fingerprint density at radius 3 is 2.73 bits per heavy atom. The van der Waals surface area contributed by atoms with Crippen LogP contribution < -0.4 is 4.74 Å². The molecule has 1 saturated carbocycles. The molecule has 3 rings (SSSR count). The van der Waals surface area contributed by atoms with Gasteiger partial charge in [-0.25, -0.2) is 0 Å². The number of carbonyl (C=O) groups excluding carboxylic acids is 1. The Morgan fingerprint density at radius 2 is 2.04 bits per heavy atom. The fourth-order valence-corrected chi connectivity index (χ4v) is 4.76. The highest BCUT2D eigenvalue weighted by molar-refractivity contribution is 9.10. The Morgan fingerprint density at radius 1 is 1.27 bits per heavy atom. The van der Waals surface area contributed by atoms with Crippen LogP contribution in [0.2, 0.25) is 0 Å². The van der Waals surface area contributed by atoms with Crippen LogP contribution in [-0.4, -0.2) is 31.0 Å². The number of aromatic nitrogens is 1. The third-order valence-electron chi connectivity index (χ3n) is 4.94. The highest BCUT2D eigenvalue weighted by Gasteiger charge is 2.24. The van der Waals surface area contributed by atoms with Gasteiger partial charge < -0.3 is 18.8 Å². The second-order valence-corrected chi connectivity index (χ2v) is 7.53. The van der Waals surface area contributed by atoms with Gasteiger partial charge in [0.2, 0.25) is 0 Å². The van der Waals surface area contributed by atoms with Crippen molar-refractivity contribution in [3.05, 3.63) is 28.4 Å². The van der Waals surface area contributed by atoms with Crippen molar-refractivity contribution in [2.75, 3.05) is 20.5 Å². The summed E-state index contributed by atoms with van der Waals surface area (Å²) in [6.07, 6.45) is 6.35. The standard InChI is InChI=1S/C20H26BrNO4/c1-14(23)26-16-8-9-17-18(12-16)22(10-11-25-13-24-2)20(21)19(17)15-6-4-3-5-7-15/h8-9,12,15H,3-7,10-11,13H2,1-2H3. The van der Waals surface area contributed by atoms with Gasteiger partial charge in [0, 0.05) is 32.0 Å². The third kappa shape index (κ3) is 4.30. The van der Waals surface area contributed by atoms with E-state index in [1.54, 1.807) is 7.11 Å². The van der Waals surface area contributed by atoms with Gasteiger partial charge >= 0.3 is 5.97 Å². The van der Waals surface area contributed by atoms with Crippen molar-refractivity contribution in [1.29, 1.82) is 0 Å². The molecule has 0 radical (unpaired) electrons. The molecule has 1 aliphatic carbocycles. The first-order valence-corrected chi connectivity index (χ1v) is 9.98. The predicted octanol–water partition coefficient (Wildman–Crippen LogP) is 5.00. The first kappa shape index (κ1) is 19.4. The lowest BCUT2D eigenvalue weighted by molar-refractivity contribution is -0.131. The van der Waals surface area contributed by atoms with E-state index in [0.29, 0.717) is 24.8 Å². The number of ether oxygens (including phenoxy) is 3. The molecule has 0 N–H and O–H groups in total. The van der Waals surface area contributed by atoms with Gasteiger partial charge in [0.25, 0.3) is 0 Å². The predicted molar refractivity (Wildman–Crippen MR) is 105 cm³/mol. The smallest absolute Gasteiger partial charge is 0.308 e. The normalized spacial score (nSPS) is 15.5. The second-order valence-electron chi connectivity index (χ2n) is 6.78. The van der Waals surface area contributed by atoms with Crippen LogP contribution in [0.1, 0.15) is 50.5 Å². The zero-order valence-electron chi connectivity index (χ0n) is 15.4. The Balaban J connectivity index is 1.99. The number of fused-ring (bicyclic) bond motifs is 1. The average molecular weight is 424 g/mol. The van der Waals surface area contributed by atoms with Crippen LogP contribution in [0.15, 0.2) is 22.8 Å². The molecule has 0 amide bonds. The Labute approximate surface area is 162 Å². The number of rotatable bonds is 7. The minimum Gasteiger partial charge on any atom is -0.427 e. The molecule has 1 heterocycles. The molecular weight excluding hydrogens is 398 g/mol. The topological polar surface area (TPSA) is 49.7 Å². The van der Waals surface area contributed by atoms with Gasteiger partial charge in [0.1, 0.15) is 12.5 Å².